The van der Waals surface area contributed by atoms with E-state index in [2.05, 4.69) is 26.6 Å². The van der Waals surface area contributed by atoms with E-state index in [1.165, 1.54) is 0 Å². The SMILES string of the molecule is CC(=O)N1CCC(NC(=O)CNC(=O)c2cccc(Br)c2)CC1. The molecular weight excluding hydrogens is 362 g/mol. The molecule has 0 atom stereocenters. The Kier molecular flexibility index (Phi) is 6.15. The largest absolute Gasteiger partial charge is 0.352 e. The Labute approximate surface area is 143 Å². The van der Waals surface area contributed by atoms with Crippen LogP contribution in [0.15, 0.2) is 28.7 Å². The molecule has 0 aromatic heterocycles. The molecule has 3 amide bonds. The average molecular weight is 382 g/mol. The molecule has 6 nitrogen and oxygen atoms in total. The summed E-state index contributed by atoms with van der Waals surface area (Å²) in [5.41, 5.74) is 0.502. The van der Waals surface area contributed by atoms with E-state index in [0.29, 0.717) is 18.7 Å². The van der Waals surface area contributed by atoms with Crippen molar-refractivity contribution < 1.29 is 14.4 Å². The molecule has 1 saturated heterocycles. The van der Waals surface area contributed by atoms with E-state index in [1.54, 1.807) is 30.0 Å². The highest BCUT2D eigenvalue weighted by Crippen LogP contribution is 2.12. The van der Waals surface area contributed by atoms with E-state index < -0.39 is 0 Å². The second-order valence-electron chi connectivity index (χ2n) is 5.54. The van der Waals surface area contributed by atoms with Crippen molar-refractivity contribution in [3.8, 4) is 0 Å². The fourth-order valence-corrected chi connectivity index (χ4v) is 2.91. The van der Waals surface area contributed by atoms with Gasteiger partial charge in [0.15, 0.2) is 0 Å². The van der Waals surface area contributed by atoms with E-state index in [4.69, 9.17) is 0 Å². The molecule has 0 aliphatic carbocycles. The topological polar surface area (TPSA) is 78.5 Å². The third kappa shape index (κ3) is 5.35. The number of hydrogen-bond donors (Lipinski definition) is 2. The lowest BCUT2D eigenvalue weighted by molar-refractivity contribution is -0.130. The molecule has 0 spiro atoms. The zero-order valence-electron chi connectivity index (χ0n) is 13.0. The maximum Gasteiger partial charge on any atom is 0.251 e. The van der Waals surface area contributed by atoms with Crippen molar-refractivity contribution in [2.24, 2.45) is 0 Å². The summed E-state index contributed by atoms with van der Waals surface area (Å²) in [6.45, 7) is 2.81. The van der Waals surface area contributed by atoms with Crippen LogP contribution in [-0.2, 0) is 9.59 Å². The van der Waals surface area contributed by atoms with Crippen LogP contribution in [0.1, 0.15) is 30.1 Å². The van der Waals surface area contributed by atoms with Crippen LogP contribution in [0.5, 0.6) is 0 Å². The molecule has 2 N–H and O–H groups in total. The first-order chi connectivity index (χ1) is 11.0. The Morgan fingerprint density at radius 1 is 1.26 bits per heavy atom. The fraction of sp³-hybridized carbons (Fsp3) is 0.438. The van der Waals surface area contributed by atoms with Crippen LogP contribution >= 0.6 is 15.9 Å². The Bertz CT molecular complexity index is 598. The lowest BCUT2D eigenvalue weighted by atomic mass is 10.1. The number of amides is 3. The Morgan fingerprint density at radius 3 is 2.57 bits per heavy atom. The van der Waals surface area contributed by atoms with Crippen LogP contribution in [-0.4, -0.2) is 48.3 Å². The normalized spacial score (nSPS) is 15.1. The van der Waals surface area contributed by atoms with Crippen molar-refractivity contribution in [3.63, 3.8) is 0 Å². The molecule has 0 unspecified atom stereocenters. The Balaban J connectivity index is 1.73. The van der Waals surface area contributed by atoms with Gasteiger partial charge in [-0.3, -0.25) is 14.4 Å². The number of benzene rings is 1. The third-order valence-electron chi connectivity index (χ3n) is 3.80. The minimum atomic E-state index is -0.284. The van der Waals surface area contributed by atoms with Gasteiger partial charge in [0.2, 0.25) is 11.8 Å². The van der Waals surface area contributed by atoms with Crippen LogP contribution in [0, 0.1) is 0 Å². The monoisotopic (exact) mass is 381 g/mol. The second kappa shape index (κ2) is 8.10. The predicted molar refractivity (Wildman–Crippen MR) is 89.9 cm³/mol. The van der Waals surface area contributed by atoms with Crippen LogP contribution < -0.4 is 10.6 Å². The van der Waals surface area contributed by atoms with Gasteiger partial charge in [-0.1, -0.05) is 22.0 Å². The number of rotatable bonds is 4. The smallest absolute Gasteiger partial charge is 0.251 e. The number of carbonyl (C=O) groups is 3. The third-order valence-corrected chi connectivity index (χ3v) is 4.29. The molecule has 1 aromatic rings. The van der Waals surface area contributed by atoms with Crippen LogP contribution in [0.3, 0.4) is 0 Å². The molecule has 1 aromatic carbocycles. The quantitative estimate of drug-likeness (QED) is 0.824. The van der Waals surface area contributed by atoms with E-state index in [9.17, 15) is 14.4 Å². The van der Waals surface area contributed by atoms with E-state index in [-0.39, 0.29) is 30.3 Å². The van der Waals surface area contributed by atoms with Crippen molar-refractivity contribution in [2.45, 2.75) is 25.8 Å². The van der Waals surface area contributed by atoms with Gasteiger partial charge in [-0.15, -0.1) is 0 Å². The number of hydrogen-bond acceptors (Lipinski definition) is 3. The number of nitrogens with zero attached hydrogens (tertiary/aromatic N) is 1. The molecule has 2 rings (SSSR count). The summed E-state index contributed by atoms with van der Waals surface area (Å²) in [5, 5.41) is 5.50. The van der Waals surface area contributed by atoms with Crippen molar-refractivity contribution in [1.82, 2.24) is 15.5 Å². The number of piperidine rings is 1. The van der Waals surface area contributed by atoms with E-state index in [1.807, 2.05) is 6.07 Å². The highest BCUT2D eigenvalue weighted by Gasteiger charge is 2.22. The second-order valence-corrected chi connectivity index (χ2v) is 6.46. The minimum absolute atomic E-state index is 0.0564. The summed E-state index contributed by atoms with van der Waals surface area (Å²) in [4.78, 5) is 36.9. The first-order valence-corrected chi connectivity index (χ1v) is 8.33. The molecule has 0 saturated carbocycles. The zero-order valence-corrected chi connectivity index (χ0v) is 14.6. The van der Waals surface area contributed by atoms with Gasteiger partial charge in [-0.25, -0.2) is 0 Å². The van der Waals surface area contributed by atoms with Gasteiger partial charge in [0.25, 0.3) is 5.91 Å². The summed E-state index contributed by atoms with van der Waals surface area (Å²) in [5.74, 6) is -0.432. The fourth-order valence-electron chi connectivity index (χ4n) is 2.51. The highest BCUT2D eigenvalue weighted by molar-refractivity contribution is 9.10. The summed E-state index contributed by atoms with van der Waals surface area (Å²) < 4.78 is 0.812. The maximum atomic E-state index is 12.0. The standard InChI is InChI=1S/C16H20BrN3O3/c1-11(21)20-7-5-14(6-8-20)19-15(22)10-18-16(23)12-3-2-4-13(17)9-12/h2-4,9,14H,5-8,10H2,1H3,(H,18,23)(H,19,22). The summed E-state index contributed by atoms with van der Waals surface area (Å²) >= 11 is 3.30. The van der Waals surface area contributed by atoms with E-state index in [0.717, 1.165) is 17.3 Å². The van der Waals surface area contributed by atoms with Crippen molar-refractivity contribution in [1.29, 1.82) is 0 Å². The number of halogens is 1. The molecule has 1 aliphatic rings. The molecule has 124 valence electrons. The molecule has 0 radical (unpaired) electrons. The molecule has 1 aliphatic heterocycles. The minimum Gasteiger partial charge on any atom is -0.352 e. The van der Waals surface area contributed by atoms with Gasteiger partial charge in [0.1, 0.15) is 0 Å². The Morgan fingerprint density at radius 2 is 1.96 bits per heavy atom. The molecular formula is C16H20BrN3O3. The molecule has 1 heterocycles. The average Bonchev–Trinajstić information content (AvgIpc) is 2.53. The molecule has 23 heavy (non-hydrogen) atoms. The lowest BCUT2D eigenvalue weighted by Gasteiger charge is -2.31. The van der Waals surface area contributed by atoms with Gasteiger partial charge < -0.3 is 15.5 Å². The summed E-state index contributed by atoms with van der Waals surface area (Å²) in [6.07, 6.45) is 1.48. The zero-order chi connectivity index (χ0) is 16.8. The summed E-state index contributed by atoms with van der Waals surface area (Å²) in [6, 6.07) is 7.04. The predicted octanol–water partition coefficient (Wildman–Crippen LogP) is 1.31. The Hall–Kier alpha value is -1.89. The first-order valence-electron chi connectivity index (χ1n) is 7.54. The van der Waals surface area contributed by atoms with Crippen LogP contribution in [0.2, 0.25) is 0 Å². The number of nitrogens with one attached hydrogen (secondary N) is 2. The summed E-state index contributed by atoms with van der Waals surface area (Å²) in [7, 11) is 0. The molecule has 1 fully saturated rings. The van der Waals surface area contributed by atoms with E-state index >= 15 is 0 Å². The lowest BCUT2D eigenvalue weighted by Crippen LogP contribution is -2.48. The maximum absolute atomic E-state index is 12.0. The number of likely N-dealkylation sites (tertiary alicyclic amines) is 1. The molecule has 0 bridgehead atoms. The highest BCUT2D eigenvalue weighted by atomic mass is 79.9. The first kappa shape index (κ1) is 17.5. The van der Waals surface area contributed by atoms with Crippen molar-refractivity contribution in [2.75, 3.05) is 19.6 Å². The number of carbonyl (C=O) groups excluding carboxylic acids is 3. The van der Waals surface area contributed by atoms with Gasteiger partial charge in [0, 0.05) is 36.1 Å². The van der Waals surface area contributed by atoms with Crippen LogP contribution in [0.25, 0.3) is 0 Å². The van der Waals surface area contributed by atoms with Gasteiger partial charge in [-0.2, -0.15) is 0 Å². The van der Waals surface area contributed by atoms with Gasteiger partial charge in [0.05, 0.1) is 6.54 Å². The van der Waals surface area contributed by atoms with Gasteiger partial charge >= 0.3 is 0 Å². The van der Waals surface area contributed by atoms with Crippen molar-refractivity contribution in [3.05, 3.63) is 34.3 Å². The molecule has 7 heteroatoms. The van der Waals surface area contributed by atoms with Crippen molar-refractivity contribution >= 4 is 33.7 Å². The van der Waals surface area contributed by atoms with Gasteiger partial charge in [-0.05, 0) is 31.0 Å². The van der Waals surface area contributed by atoms with Crippen LogP contribution in [0.4, 0.5) is 0 Å².